The molecule has 0 unspecified atom stereocenters. The number of aliphatic hydroxyl groups excluding tert-OH is 1. The molecule has 1 aliphatic rings. The number of alkyl halides is 2. The first-order valence-electron chi connectivity index (χ1n) is 10.2. The van der Waals surface area contributed by atoms with Crippen LogP contribution in [0.2, 0.25) is 0 Å². The van der Waals surface area contributed by atoms with Crippen LogP contribution in [-0.2, 0) is 4.74 Å². The molecule has 0 aliphatic carbocycles. The van der Waals surface area contributed by atoms with E-state index in [2.05, 4.69) is 15.3 Å². The lowest BCUT2D eigenvalue weighted by Crippen LogP contribution is -2.44. The molecule has 0 bridgehead atoms. The van der Waals surface area contributed by atoms with E-state index < -0.39 is 58.3 Å². The molecular weight excluding hydrogens is 494 g/mol. The van der Waals surface area contributed by atoms with Crippen LogP contribution in [0.5, 0.6) is 0 Å². The van der Waals surface area contributed by atoms with Gasteiger partial charge >= 0.3 is 0 Å². The largest absolute Gasteiger partial charge is 0.389 e. The van der Waals surface area contributed by atoms with Crippen LogP contribution in [0.25, 0.3) is 11.3 Å². The van der Waals surface area contributed by atoms with Gasteiger partial charge in [0.15, 0.2) is 0 Å². The van der Waals surface area contributed by atoms with E-state index in [9.17, 15) is 23.1 Å². The lowest BCUT2D eigenvalue weighted by molar-refractivity contribution is -0.105. The highest BCUT2D eigenvalue weighted by Crippen LogP contribution is 2.37. The molecule has 1 saturated heterocycles. The zero-order valence-corrected chi connectivity index (χ0v) is 18.9. The Morgan fingerprint density at radius 2 is 1.88 bits per heavy atom. The number of anilines is 1. The normalized spacial score (nSPS) is 22.4. The molecule has 3 heterocycles. The van der Waals surface area contributed by atoms with Crippen molar-refractivity contribution in [2.75, 3.05) is 11.2 Å². The molecular formula is C23H18Cl2F3N3O3. The Kier molecular flexibility index (Phi) is 7.37. The Morgan fingerprint density at radius 3 is 2.59 bits per heavy atom. The minimum absolute atomic E-state index is 0.0164. The molecule has 6 nitrogen and oxygen atoms in total. The van der Waals surface area contributed by atoms with Crippen molar-refractivity contribution in [3.8, 4) is 11.3 Å². The number of halogens is 5. The van der Waals surface area contributed by atoms with Crippen LogP contribution in [0.3, 0.4) is 0 Å². The molecule has 1 fully saturated rings. The number of nitrogens with zero attached hydrogens (tertiary/aromatic N) is 2. The van der Waals surface area contributed by atoms with Crippen LogP contribution in [-0.4, -0.2) is 44.4 Å². The van der Waals surface area contributed by atoms with Gasteiger partial charge in [-0.3, -0.25) is 9.78 Å². The number of amides is 1. The summed E-state index contributed by atoms with van der Waals surface area (Å²) >= 11 is 12.1. The van der Waals surface area contributed by atoms with Gasteiger partial charge in [-0.05, 0) is 36.8 Å². The zero-order chi connectivity index (χ0) is 24.4. The topological polar surface area (TPSA) is 84.3 Å². The predicted octanol–water partition coefficient (Wildman–Crippen LogP) is 4.85. The van der Waals surface area contributed by atoms with Gasteiger partial charge in [-0.2, -0.15) is 0 Å². The standard InChI is InChI=1S/C23H18Cl2F3N3O3/c24-9-19-22(32)12(25)8-18(34-19)11-6-7-29-10-17(11)31-23(33)16-5-4-15(28)21(30-16)20-13(26)2-1-3-14(20)27/h1-7,10,12,18-19,22,32H,8-9H2,(H,31,33)/t12-,18+,19+,22-/m0/s1. The van der Waals surface area contributed by atoms with E-state index in [0.29, 0.717) is 5.56 Å². The Morgan fingerprint density at radius 1 is 1.15 bits per heavy atom. The number of pyridine rings is 2. The Hall–Kier alpha value is -2.72. The summed E-state index contributed by atoms with van der Waals surface area (Å²) < 4.78 is 48.5. The molecule has 4 rings (SSSR count). The fourth-order valence-electron chi connectivity index (χ4n) is 3.70. The summed E-state index contributed by atoms with van der Waals surface area (Å²) in [5.74, 6) is -3.77. The Bertz CT molecular complexity index is 1200. The molecule has 2 aromatic heterocycles. The highest BCUT2D eigenvalue weighted by atomic mass is 35.5. The van der Waals surface area contributed by atoms with E-state index in [1.165, 1.54) is 12.4 Å². The molecule has 1 aliphatic heterocycles. The van der Waals surface area contributed by atoms with Crippen LogP contribution in [0, 0.1) is 17.5 Å². The van der Waals surface area contributed by atoms with Crippen molar-refractivity contribution >= 4 is 34.8 Å². The molecule has 1 amide bonds. The first kappa shape index (κ1) is 24.4. The summed E-state index contributed by atoms with van der Waals surface area (Å²) in [6.45, 7) is 0. The molecule has 34 heavy (non-hydrogen) atoms. The molecule has 3 aromatic rings. The first-order valence-corrected chi connectivity index (χ1v) is 11.2. The summed E-state index contributed by atoms with van der Waals surface area (Å²) in [6.07, 6.45) is 0.855. The lowest BCUT2D eigenvalue weighted by Gasteiger charge is -2.36. The van der Waals surface area contributed by atoms with Crippen molar-refractivity contribution in [2.45, 2.75) is 30.1 Å². The maximum atomic E-state index is 14.4. The molecule has 1 aromatic carbocycles. The number of ether oxygens (including phenoxy) is 1. The number of aliphatic hydroxyl groups is 1. The monoisotopic (exact) mass is 511 g/mol. The molecule has 0 spiro atoms. The van der Waals surface area contributed by atoms with Crippen LogP contribution in [0.15, 0.2) is 48.8 Å². The maximum Gasteiger partial charge on any atom is 0.274 e. The van der Waals surface area contributed by atoms with Gasteiger partial charge in [0.05, 0.1) is 47.0 Å². The number of aromatic nitrogens is 2. The number of nitrogens with one attached hydrogen (secondary N) is 1. The second kappa shape index (κ2) is 10.3. The Balaban J connectivity index is 1.63. The van der Waals surface area contributed by atoms with Crippen LogP contribution in [0.4, 0.5) is 18.9 Å². The smallest absolute Gasteiger partial charge is 0.274 e. The van der Waals surface area contributed by atoms with Gasteiger partial charge < -0.3 is 15.2 Å². The van der Waals surface area contributed by atoms with Gasteiger partial charge in [-0.25, -0.2) is 18.2 Å². The van der Waals surface area contributed by atoms with Crippen molar-refractivity contribution < 1.29 is 27.8 Å². The second-order valence-electron chi connectivity index (χ2n) is 7.60. The third-order valence-electron chi connectivity index (χ3n) is 5.41. The highest BCUT2D eigenvalue weighted by Gasteiger charge is 2.37. The Labute approximate surface area is 202 Å². The molecule has 4 atom stereocenters. The summed E-state index contributed by atoms with van der Waals surface area (Å²) in [5, 5.41) is 12.1. The van der Waals surface area contributed by atoms with Gasteiger partial charge in [0, 0.05) is 11.8 Å². The van der Waals surface area contributed by atoms with Crippen molar-refractivity contribution in [1.29, 1.82) is 0 Å². The van der Waals surface area contributed by atoms with Crippen molar-refractivity contribution in [2.24, 2.45) is 0 Å². The molecule has 0 saturated carbocycles. The third-order valence-corrected chi connectivity index (χ3v) is 6.15. The number of rotatable bonds is 5. The molecule has 0 radical (unpaired) electrons. The van der Waals surface area contributed by atoms with Gasteiger partial charge in [-0.1, -0.05) is 6.07 Å². The van der Waals surface area contributed by atoms with E-state index in [4.69, 9.17) is 27.9 Å². The first-order chi connectivity index (χ1) is 16.3. The average molecular weight is 512 g/mol. The highest BCUT2D eigenvalue weighted by molar-refractivity contribution is 6.21. The quantitative estimate of drug-likeness (QED) is 0.478. The maximum absolute atomic E-state index is 14.4. The third kappa shape index (κ3) is 4.88. The summed E-state index contributed by atoms with van der Waals surface area (Å²) in [7, 11) is 0. The van der Waals surface area contributed by atoms with Crippen molar-refractivity contribution in [3.05, 3.63) is 77.5 Å². The van der Waals surface area contributed by atoms with Gasteiger partial charge in [0.2, 0.25) is 0 Å². The fraction of sp³-hybridized carbons (Fsp3) is 0.261. The van der Waals surface area contributed by atoms with Gasteiger partial charge in [0.25, 0.3) is 5.91 Å². The second-order valence-corrected chi connectivity index (χ2v) is 8.47. The van der Waals surface area contributed by atoms with Gasteiger partial charge in [-0.15, -0.1) is 23.2 Å². The van der Waals surface area contributed by atoms with Crippen molar-refractivity contribution in [1.82, 2.24) is 9.97 Å². The number of carbonyl (C=O) groups is 1. The minimum Gasteiger partial charge on any atom is -0.389 e. The van der Waals surface area contributed by atoms with E-state index in [0.717, 1.165) is 30.3 Å². The van der Waals surface area contributed by atoms with Crippen LogP contribution in [0.1, 0.15) is 28.6 Å². The SMILES string of the molecule is O=C(Nc1cnccc1[C@H]1C[C@H](Cl)[C@H](O)[C@@H](CCl)O1)c1ccc(F)c(-c2c(F)cccc2F)n1. The van der Waals surface area contributed by atoms with Crippen molar-refractivity contribution in [3.63, 3.8) is 0 Å². The zero-order valence-electron chi connectivity index (χ0n) is 17.4. The fourth-order valence-corrected chi connectivity index (χ4v) is 4.28. The van der Waals surface area contributed by atoms with E-state index in [1.54, 1.807) is 6.07 Å². The molecule has 178 valence electrons. The van der Waals surface area contributed by atoms with E-state index in [1.807, 2.05) is 0 Å². The van der Waals surface area contributed by atoms with E-state index >= 15 is 0 Å². The summed E-state index contributed by atoms with van der Waals surface area (Å²) in [6, 6.07) is 6.68. The molecule has 11 heteroatoms. The van der Waals surface area contributed by atoms with E-state index in [-0.39, 0.29) is 23.7 Å². The number of benzene rings is 1. The lowest BCUT2D eigenvalue weighted by atomic mass is 9.96. The summed E-state index contributed by atoms with van der Waals surface area (Å²) in [5.41, 5.74) is -0.794. The van der Waals surface area contributed by atoms with Crippen LogP contribution >= 0.6 is 23.2 Å². The molecule has 2 N–H and O–H groups in total. The number of hydrogen-bond donors (Lipinski definition) is 2. The van der Waals surface area contributed by atoms with Crippen LogP contribution < -0.4 is 5.32 Å². The number of hydrogen-bond acceptors (Lipinski definition) is 5. The predicted molar refractivity (Wildman–Crippen MR) is 120 cm³/mol. The summed E-state index contributed by atoms with van der Waals surface area (Å²) in [4.78, 5) is 20.8. The average Bonchev–Trinajstić information content (AvgIpc) is 2.82. The van der Waals surface area contributed by atoms with Gasteiger partial charge in [0.1, 0.15) is 28.8 Å². The number of carbonyl (C=O) groups excluding carboxylic acids is 1. The minimum atomic E-state index is -1.01.